The third-order valence-corrected chi connectivity index (χ3v) is 2.62. The molecular weight excluding hydrogens is 222 g/mol. The minimum atomic E-state index is -0.961. The monoisotopic (exact) mass is 233 g/mol. The first-order valence-corrected chi connectivity index (χ1v) is 5.16. The van der Waals surface area contributed by atoms with Crippen molar-refractivity contribution in [2.24, 2.45) is 0 Å². The van der Waals surface area contributed by atoms with E-state index >= 15 is 0 Å². The van der Waals surface area contributed by atoms with E-state index in [4.69, 9.17) is 15.1 Å². The quantitative estimate of drug-likeness (QED) is 0.787. The predicted molar refractivity (Wildman–Crippen MR) is 58.5 cm³/mol. The van der Waals surface area contributed by atoms with Crippen molar-refractivity contribution in [2.75, 3.05) is 24.7 Å². The molecule has 0 radical (unpaired) electrons. The van der Waals surface area contributed by atoms with Crippen LogP contribution in [0.15, 0.2) is 18.3 Å². The molecule has 88 valence electrons. The summed E-state index contributed by atoms with van der Waals surface area (Å²) in [5.41, 5.74) is 0.784. The molecule has 1 aromatic heterocycles. The van der Waals surface area contributed by atoms with Crippen molar-refractivity contribution >= 4 is 11.7 Å². The summed E-state index contributed by atoms with van der Waals surface area (Å²) >= 11 is 0. The Balaban J connectivity index is 2.36. The van der Waals surface area contributed by atoms with E-state index in [0.29, 0.717) is 18.8 Å². The number of pyridine rings is 1. The Morgan fingerprint density at radius 1 is 1.71 bits per heavy atom. The van der Waals surface area contributed by atoms with Crippen LogP contribution in [0, 0.1) is 11.3 Å². The molecule has 2 rings (SSSR count). The minimum Gasteiger partial charge on any atom is -0.480 e. The first-order chi connectivity index (χ1) is 8.24. The van der Waals surface area contributed by atoms with E-state index in [0.717, 1.165) is 0 Å². The molecule has 1 aliphatic rings. The largest absolute Gasteiger partial charge is 0.480 e. The van der Waals surface area contributed by atoms with E-state index in [1.54, 1.807) is 17.0 Å². The fourth-order valence-electron chi connectivity index (χ4n) is 1.81. The summed E-state index contributed by atoms with van der Waals surface area (Å²) in [6.45, 7) is 1.01. The molecule has 6 heteroatoms. The molecule has 0 aliphatic carbocycles. The highest BCUT2D eigenvalue weighted by molar-refractivity contribution is 5.79. The van der Waals surface area contributed by atoms with Crippen LogP contribution in [0.2, 0.25) is 0 Å². The topological polar surface area (TPSA) is 86.5 Å². The van der Waals surface area contributed by atoms with E-state index in [1.807, 2.05) is 6.07 Å². The van der Waals surface area contributed by atoms with Gasteiger partial charge >= 0.3 is 5.97 Å². The number of carboxylic acid groups (broad SMARTS) is 1. The van der Waals surface area contributed by atoms with Crippen molar-refractivity contribution < 1.29 is 14.6 Å². The second kappa shape index (κ2) is 4.80. The number of rotatable bonds is 2. The smallest absolute Gasteiger partial charge is 0.328 e. The highest BCUT2D eigenvalue weighted by Gasteiger charge is 2.30. The van der Waals surface area contributed by atoms with Crippen LogP contribution in [0.4, 0.5) is 5.69 Å². The van der Waals surface area contributed by atoms with Gasteiger partial charge in [-0.1, -0.05) is 0 Å². The number of ether oxygens (including phenoxy) is 1. The Labute approximate surface area is 98.1 Å². The lowest BCUT2D eigenvalue weighted by atomic mass is 10.2. The molecule has 17 heavy (non-hydrogen) atoms. The molecule has 1 aromatic rings. The average Bonchev–Trinajstić information content (AvgIpc) is 2.38. The van der Waals surface area contributed by atoms with Crippen molar-refractivity contribution in [3.63, 3.8) is 0 Å². The van der Waals surface area contributed by atoms with Crippen LogP contribution < -0.4 is 4.90 Å². The number of nitriles is 1. The van der Waals surface area contributed by atoms with Gasteiger partial charge in [0.2, 0.25) is 0 Å². The minimum absolute atomic E-state index is 0.120. The van der Waals surface area contributed by atoms with Crippen molar-refractivity contribution in [1.29, 1.82) is 5.26 Å². The number of aliphatic carboxylic acids is 1. The van der Waals surface area contributed by atoms with Crippen LogP contribution in [0.25, 0.3) is 0 Å². The van der Waals surface area contributed by atoms with E-state index in [1.165, 1.54) is 6.20 Å². The summed E-state index contributed by atoms with van der Waals surface area (Å²) in [6, 6.07) is 4.59. The van der Waals surface area contributed by atoms with Crippen molar-refractivity contribution in [1.82, 2.24) is 4.98 Å². The summed E-state index contributed by atoms with van der Waals surface area (Å²) < 4.78 is 5.14. The van der Waals surface area contributed by atoms with Crippen molar-refractivity contribution in [3.05, 3.63) is 24.0 Å². The third kappa shape index (κ3) is 2.19. The van der Waals surface area contributed by atoms with Gasteiger partial charge in [0, 0.05) is 12.7 Å². The lowest BCUT2D eigenvalue weighted by Crippen LogP contribution is -2.50. The number of nitrogens with zero attached hydrogens (tertiary/aromatic N) is 3. The Morgan fingerprint density at radius 2 is 2.53 bits per heavy atom. The maximum Gasteiger partial charge on any atom is 0.328 e. The Hall–Kier alpha value is -2.13. The van der Waals surface area contributed by atoms with Gasteiger partial charge in [0.05, 0.1) is 18.9 Å². The van der Waals surface area contributed by atoms with Gasteiger partial charge in [-0.15, -0.1) is 0 Å². The van der Waals surface area contributed by atoms with Crippen molar-refractivity contribution in [3.8, 4) is 6.07 Å². The number of hydrogen-bond donors (Lipinski definition) is 1. The summed E-state index contributed by atoms with van der Waals surface area (Å²) in [5.74, 6) is -0.961. The predicted octanol–water partition coefficient (Wildman–Crippen LogP) is 0.243. The lowest BCUT2D eigenvalue weighted by molar-refractivity contribution is -0.141. The molecule has 0 aromatic carbocycles. The zero-order chi connectivity index (χ0) is 12.3. The second-order valence-corrected chi connectivity index (χ2v) is 3.61. The van der Waals surface area contributed by atoms with Gasteiger partial charge in [-0.3, -0.25) is 0 Å². The molecule has 1 atom stereocenters. The number of morpholine rings is 1. The van der Waals surface area contributed by atoms with Crippen LogP contribution in [-0.2, 0) is 9.53 Å². The normalized spacial score (nSPS) is 19.7. The maximum absolute atomic E-state index is 11.1. The summed E-state index contributed by atoms with van der Waals surface area (Å²) in [5, 5.41) is 18.1. The van der Waals surface area contributed by atoms with Crippen LogP contribution in [0.5, 0.6) is 0 Å². The molecule has 1 saturated heterocycles. The summed E-state index contributed by atoms with van der Waals surface area (Å²) in [4.78, 5) is 16.7. The number of anilines is 1. The Bertz CT molecular complexity index is 469. The van der Waals surface area contributed by atoms with Crippen LogP contribution >= 0.6 is 0 Å². The molecule has 0 spiro atoms. The van der Waals surface area contributed by atoms with Gasteiger partial charge in [0.25, 0.3) is 0 Å². The summed E-state index contributed by atoms with van der Waals surface area (Å²) in [7, 11) is 0. The molecular formula is C11H11N3O3. The molecule has 6 nitrogen and oxygen atoms in total. The molecule has 0 amide bonds. The SMILES string of the molecule is N#Cc1ncccc1N1CCOCC1C(=O)O. The van der Waals surface area contributed by atoms with Crippen LogP contribution in [-0.4, -0.2) is 41.9 Å². The first-order valence-electron chi connectivity index (χ1n) is 5.16. The number of carbonyl (C=O) groups is 1. The Morgan fingerprint density at radius 3 is 3.24 bits per heavy atom. The highest BCUT2D eigenvalue weighted by atomic mass is 16.5. The standard InChI is InChI=1S/C11H11N3O3/c12-6-8-9(2-1-3-13-8)14-4-5-17-7-10(14)11(15)16/h1-3,10H,4-5,7H2,(H,15,16). The van der Waals surface area contributed by atoms with E-state index in [-0.39, 0.29) is 12.3 Å². The van der Waals surface area contributed by atoms with Gasteiger partial charge in [0.15, 0.2) is 11.7 Å². The molecule has 1 fully saturated rings. The van der Waals surface area contributed by atoms with Crippen molar-refractivity contribution in [2.45, 2.75) is 6.04 Å². The third-order valence-electron chi connectivity index (χ3n) is 2.62. The first kappa shape index (κ1) is 11.4. The van der Waals surface area contributed by atoms with E-state index in [9.17, 15) is 4.79 Å². The average molecular weight is 233 g/mol. The molecule has 0 saturated carbocycles. The van der Waals surface area contributed by atoms with Gasteiger partial charge in [-0.05, 0) is 12.1 Å². The second-order valence-electron chi connectivity index (χ2n) is 3.61. The van der Waals surface area contributed by atoms with Crippen LogP contribution in [0.3, 0.4) is 0 Å². The number of hydrogen-bond acceptors (Lipinski definition) is 5. The van der Waals surface area contributed by atoms with Crippen LogP contribution in [0.1, 0.15) is 5.69 Å². The number of aromatic nitrogens is 1. The summed E-state index contributed by atoms with van der Waals surface area (Å²) in [6.07, 6.45) is 1.51. The van der Waals surface area contributed by atoms with E-state index in [2.05, 4.69) is 4.98 Å². The molecule has 0 bridgehead atoms. The molecule has 1 unspecified atom stereocenters. The lowest BCUT2D eigenvalue weighted by Gasteiger charge is -2.34. The fourth-order valence-corrected chi connectivity index (χ4v) is 1.81. The number of carboxylic acids is 1. The Kier molecular flexibility index (Phi) is 3.21. The molecule has 2 heterocycles. The van der Waals surface area contributed by atoms with E-state index < -0.39 is 12.0 Å². The van der Waals surface area contributed by atoms with Gasteiger partial charge in [-0.2, -0.15) is 5.26 Å². The van der Waals surface area contributed by atoms with Gasteiger partial charge in [-0.25, -0.2) is 9.78 Å². The zero-order valence-corrected chi connectivity index (χ0v) is 9.04. The molecule has 1 N–H and O–H groups in total. The van der Waals surface area contributed by atoms with Gasteiger partial charge < -0.3 is 14.7 Å². The maximum atomic E-state index is 11.1. The highest BCUT2D eigenvalue weighted by Crippen LogP contribution is 2.22. The van der Waals surface area contributed by atoms with Gasteiger partial charge in [0.1, 0.15) is 6.07 Å². The fraction of sp³-hybridized carbons (Fsp3) is 0.364. The molecule has 1 aliphatic heterocycles. The zero-order valence-electron chi connectivity index (χ0n) is 9.04.